The van der Waals surface area contributed by atoms with Gasteiger partial charge in [0.15, 0.2) is 0 Å². The molecule has 40 heavy (non-hydrogen) atoms. The van der Waals surface area contributed by atoms with Crippen LogP contribution in [0.2, 0.25) is 0 Å². The zero-order chi connectivity index (χ0) is 27.9. The summed E-state index contributed by atoms with van der Waals surface area (Å²) in [5, 5.41) is 3.09. The Balaban J connectivity index is 1.27. The third-order valence-corrected chi connectivity index (χ3v) is 7.81. The van der Waals surface area contributed by atoms with Gasteiger partial charge in [0.25, 0.3) is 5.91 Å². The van der Waals surface area contributed by atoms with Gasteiger partial charge in [-0.25, -0.2) is 0 Å². The minimum Gasteiger partial charge on any atom is -0.500 e. The topological polar surface area (TPSA) is 44.8 Å². The summed E-state index contributed by atoms with van der Waals surface area (Å²) in [5.74, 6) is 0.636. The van der Waals surface area contributed by atoms with Gasteiger partial charge in [0, 0.05) is 36.1 Å². The molecule has 1 saturated heterocycles. The monoisotopic (exact) mass is 531 g/mol. The molecule has 1 aliphatic heterocycles. The van der Waals surface area contributed by atoms with Gasteiger partial charge in [0.2, 0.25) is 0 Å². The summed E-state index contributed by atoms with van der Waals surface area (Å²) in [5.41, 5.74) is 5.72. The van der Waals surface area contributed by atoms with Gasteiger partial charge in [-0.15, -0.1) is 0 Å². The summed E-state index contributed by atoms with van der Waals surface area (Å²) < 4.78 is 5.62. The molecule has 0 aliphatic carbocycles. The molecule has 0 radical (unpaired) electrons. The first-order valence-electron chi connectivity index (χ1n) is 13.9. The van der Waals surface area contributed by atoms with Gasteiger partial charge >= 0.3 is 0 Å². The number of nitrogens with one attached hydrogen (secondary N) is 1. The van der Waals surface area contributed by atoms with E-state index in [1.165, 1.54) is 5.56 Å². The Morgan fingerprint density at radius 3 is 2.27 bits per heavy atom. The maximum Gasteiger partial charge on any atom is 0.256 e. The lowest BCUT2D eigenvalue weighted by atomic mass is 9.98. The zero-order valence-corrected chi connectivity index (χ0v) is 23.3. The van der Waals surface area contributed by atoms with Crippen LogP contribution in [0.5, 0.6) is 0 Å². The maximum atomic E-state index is 13.2. The molecule has 1 amide bonds. The lowest BCUT2D eigenvalue weighted by molar-refractivity contribution is 0.102. The largest absolute Gasteiger partial charge is 0.500 e. The number of piperidine rings is 1. The summed E-state index contributed by atoms with van der Waals surface area (Å²) >= 11 is 0. The molecule has 0 saturated carbocycles. The number of nitrogens with zero attached hydrogens (tertiary/aromatic N) is 2. The van der Waals surface area contributed by atoms with E-state index in [4.69, 9.17) is 4.74 Å². The van der Waals surface area contributed by atoms with Gasteiger partial charge in [0.1, 0.15) is 5.76 Å². The van der Waals surface area contributed by atoms with Crippen LogP contribution in [-0.4, -0.2) is 44.1 Å². The zero-order valence-electron chi connectivity index (χ0n) is 23.3. The highest BCUT2D eigenvalue weighted by Crippen LogP contribution is 2.32. The molecule has 1 N–H and O–H groups in total. The number of carbonyl (C=O) groups is 1. The second-order valence-corrected chi connectivity index (χ2v) is 10.3. The summed E-state index contributed by atoms with van der Waals surface area (Å²) in [6.07, 6.45) is 2.22. The SMILES string of the molecule is C=C(OC)C(c1ccccc1)N(C)C1CCCN(c2ccc(NC(=O)c3ccccc3-c3ccccc3)cc2)C1. The fourth-order valence-electron chi connectivity index (χ4n) is 5.63. The van der Waals surface area contributed by atoms with E-state index in [1.807, 2.05) is 72.8 Å². The number of anilines is 2. The highest BCUT2D eigenvalue weighted by atomic mass is 16.5. The van der Waals surface area contributed by atoms with Crippen molar-refractivity contribution in [2.24, 2.45) is 0 Å². The molecule has 5 nitrogen and oxygen atoms in total. The Hall–Kier alpha value is -4.35. The van der Waals surface area contributed by atoms with Crippen molar-refractivity contribution < 1.29 is 9.53 Å². The van der Waals surface area contributed by atoms with Gasteiger partial charge in [-0.05, 0) is 66.9 Å². The minimum atomic E-state index is -0.114. The van der Waals surface area contributed by atoms with Crippen LogP contribution in [0.25, 0.3) is 11.1 Å². The first-order valence-corrected chi connectivity index (χ1v) is 13.9. The molecule has 4 aromatic carbocycles. The molecule has 1 aliphatic rings. The summed E-state index contributed by atoms with van der Waals surface area (Å²) in [7, 11) is 3.86. The second kappa shape index (κ2) is 12.7. The predicted octanol–water partition coefficient (Wildman–Crippen LogP) is 7.41. The number of likely N-dealkylation sites (N-methyl/N-ethyl adjacent to an activating group) is 1. The normalized spacial score (nSPS) is 15.9. The van der Waals surface area contributed by atoms with Crippen molar-refractivity contribution in [3.8, 4) is 11.1 Å². The first-order chi connectivity index (χ1) is 19.5. The smallest absolute Gasteiger partial charge is 0.256 e. The van der Waals surface area contributed by atoms with Gasteiger partial charge in [-0.3, -0.25) is 9.69 Å². The van der Waals surface area contributed by atoms with Crippen molar-refractivity contribution in [1.82, 2.24) is 4.90 Å². The van der Waals surface area contributed by atoms with Crippen LogP contribution in [0.1, 0.15) is 34.8 Å². The van der Waals surface area contributed by atoms with E-state index in [0.717, 1.165) is 54.2 Å². The molecule has 1 heterocycles. The Morgan fingerprint density at radius 2 is 1.57 bits per heavy atom. The van der Waals surface area contributed by atoms with Crippen molar-refractivity contribution in [2.75, 3.05) is 37.5 Å². The number of amides is 1. The third-order valence-electron chi connectivity index (χ3n) is 7.81. The average Bonchev–Trinajstić information content (AvgIpc) is 3.02. The van der Waals surface area contributed by atoms with E-state index >= 15 is 0 Å². The lowest BCUT2D eigenvalue weighted by Crippen LogP contribution is -2.48. The van der Waals surface area contributed by atoms with Gasteiger partial charge in [-0.1, -0.05) is 85.4 Å². The first kappa shape index (κ1) is 27.2. The predicted molar refractivity (Wildman–Crippen MR) is 165 cm³/mol. The molecule has 2 atom stereocenters. The molecule has 5 heteroatoms. The molecular weight excluding hydrogens is 494 g/mol. The van der Waals surface area contributed by atoms with E-state index in [0.29, 0.717) is 11.6 Å². The number of rotatable bonds is 9. The van der Waals surface area contributed by atoms with Crippen molar-refractivity contribution in [3.63, 3.8) is 0 Å². The average molecular weight is 532 g/mol. The fraction of sp³-hybridized carbons (Fsp3) is 0.229. The third kappa shape index (κ3) is 6.11. The Bertz CT molecular complexity index is 1420. The second-order valence-electron chi connectivity index (χ2n) is 10.3. The molecule has 1 fully saturated rings. The summed E-state index contributed by atoms with van der Waals surface area (Å²) in [6, 6.07) is 36.7. The van der Waals surface area contributed by atoms with Crippen LogP contribution in [0.3, 0.4) is 0 Å². The molecule has 0 spiro atoms. The number of benzene rings is 4. The lowest BCUT2D eigenvalue weighted by Gasteiger charge is -2.42. The minimum absolute atomic E-state index is 0.00694. The van der Waals surface area contributed by atoms with Crippen LogP contribution in [0.4, 0.5) is 11.4 Å². The highest BCUT2D eigenvalue weighted by Gasteiger charge is 2.30. The highest BCUT2D eigenvalue weighted by molar-refractivity contribution is 6.08. The van der Waals surface area contributed by atoms with Crippen LogP contribution in [0, 0.1) is 0 Å². The van der Waals surface area contributed by atoms with Crippen LogP contribution >= 0.6 is 0 Å². The quantitative estimate of drug-likeness (QED) is 0.229. The van der Waals surface area contributed by atoms with Gasteiger partial charge in [0.05, 0.1) is 13.2 Å². The van der Waals surface area contributed by atoms with Crippen LogP contribution in [0.15, 0.2) is 122 Å². The number of hydrogen-bond acceptors (Lipinski definition) is 4. The standard InChI is InChI=1S/C35H37N3O2/c1-26(40-3)34(28-15-8-5-9-16-28)37(2)31-17-12-24-38(25-31)30-22-20-29(21-23-30)36-35(39)33-19-11-10-18-32(33)27-13-6-4-7-14-27/h4-11,13-16,18-23,31,34H,1,12,17,24-25H2,2-3H3,(H,36,39). The number of hydrogen-bond donors (Lipinski definition) is 1. The van der Waals surface area contributed by atoms with E-state index in [9.17, 15) is 4.79 Å². The van der Waals surface area contributed by atoms with E-state index < -0.39 is 0 Å². The molecule has 0 bridgehead atoms. The van der Waals surface area contributed by atoms with Crippen molar-refractivity contribution >= 4 is 17.3 Å². The molecule has 5 rings (SSSR count). The van der Waals surface area contributed by atoms with E-state index in [1.54, 1.807) is 7.11 Å². The molecule has 2 unspecified atom stereocenters. The Labute approximate surface area is 237 Å². The molecule has 0 aromatic heterocycles. The van der Waals surface area contributed by atoms with Gasteiger partial charge in [-0.2, -0.15) is 0 Å². The van der Waals surface area contributed by atoms with E-state index in [2.05, 4.69) is 65.1 Å². The Kier molecular flexibility index (Phi) is 8.62. The van der Waals surface area contributed by atoms with Crippen molar-refractivity contribution in [3.05, 3.63) is 133 Å². The molecule has 204 valence electrons. The Morgan fingerprint density at radius 1 is 0.925 bits per heavy atom. The van der Waals surface area contributed by atoms with E-state index in [-0.39, 0.29) is 11.9 Å². The maximum absolute atomic E-state index is 13.2. The number of methoxy groups -OCH3 is 1. The van der Waals surface area contributed by atoms with Crippen molar-refractivity contribution in [1.29, 1.82) is 0 Å². The molecule has 4 aromatic rings. The van der Waals surface area contributed by atoms with Gasteiger partial charge < -0.3 is 15.0 Å². The fourth-order valence-corrected chi connectivity index (χ4v) is 5.63. The van der Waals surface area contributed by atoms with Crippen LogP contribution in [-0.2, 0) is 4.74 Å². The summed E-state index contributed by atoms with van der Waals surface area (Å²) in [4.78, 5) is 18.1. The number of ether oxygens (including phenoxy) is 1. The summed E-state index contributed by atoms with van der Waals surface area (Å²) in [6.45, 7) is 6.12. The number of carbonyl (C=O) groups excluding carboxylic acids is 1. The van der Waals surface area contributed by atoms with Crippen molar-refractivity contribution in [2.45, 2.75) is 24.9 Å². The molecular formula is C35H37N3O2. The van der Waals surface area contributed by atoms with Crippen LogP contribution < -0.4 is 10.2 Å².